The Hall–Kier alpha value is -1.30. The molecule has 106 valence electrons. The molecule has 1 N–H and O–H groups in total. The summed E-state index contributed by atoms with van der Waals surface area (Å²) in [5.41, 5.74) is 0.853. The molecule has 0 bridgehead atoms. The molecule has 0 radical (unpaired) electrons. The quantitative estimate of drug-likeness (QED) is 0.870. The Kier molecular flexibility index (Phi) is 4.63. The molecule has 0 spiro atoms. The van der Waals surface area contributed by atoms with Gasteiger partial charge in [0.2, 0.25) is 0 Å². The fourth-order valence-electron chi connectivity index (χ4n) is 2.46. The number of benzene rings is 1. The van der Waals surface area contributed by atoms with Gasteiger partial charge in [-0.1, -0.05) is 0 Å². The molecule has 0 aliphatic carbocycles. The predicted octanol–water partition coefficient (Wildman–Crippen LogP) is 1.25. The van der Waals surface area contributed by atoms with Gasteiger partial charge < -0.3 is 19.3 Å². The summed E-state index contributed by atoms with van der Waals surface area (Å²) >= 11 is 0. The number of phenolic OH excluding ortho intramolecular Hbond substituents is 1. The van der Waals surface area contributed by atoms with Crippen molar-refractivity contribution in [1.29, 1.82) is 0 Å². The Morgan fingerprint density at radius 1 is 1.16 bits per heavy atom. The first-order chi connectivity index (χ1) is 9.17. The summed E-state index contributed by atoms with van der Waals surface area (Å²) < 4.78 is 16.0. The zero-order valence-corrected chi connectivity index (χ0v) is 11.6. The molecular weight excluding hydrogens is 246 g/mol. The van der Waals surface area contributed by atoms with E-state index in [1.54, 1.807) is 33.5 Å². The van der Waals surface area contributed by atoms with Gasteiger partial charge in [-0.15, -0.1) is 0 Å². The highest BCUT2D eigenvalue weighted by Gasteiger charge is 2.33. The molecule has 0 aromatic heterocycles. The topological polar surface area (TPSA) is 51.2 Å². The molecule has 2 rings (SSSR count). The van der Waals surface area contributed by atoms with E-state index in [9.17, 15) is 5.11 Å². The van der Waals surface area contributed by atoms with Crippen LogP contribution in [0.5, 0.6) is 11.5 Å². The third-order valence-electron chi connectivity index (χ3n) is 3.58. The van der Waals surface area contributed by atoms with Crippen LogP contribution in [0.3, 0.4) is 0 Å². The number of rotatable bonds is 5. The van der Waals surface area contributed by atoms with Crippen LogP contribution in [0.1, 0.15) is 5.56 Å². The standard InChI is InChI=1S/C14H21NO4/c1-17-11-4-5-12(16)10(6-11)7-15-8-13(18-2)14(9-15)19-3/h4-6,13-14,16H,7-9H2,1-3H3. The lowest BCUT2D eigenvalue weighted by molar-refractivity contribution is -0.00461. The molecule has 19 heavy (non-hydrogen) atoms. The first-order valence-corrected chi connectivity index (χ1v) is 6.31. The van der Waals surface area contributed by atoms with Crippen molar-refractivity contribution < 1.29 is 19.3 Å². The van der Waals surface area contributed by atoms with Crippen LogP contribution >= 0.6 is 0 Å². The molecule has 5 nitrogen and oxygen atoms in total. The van der Waals surface area contributed by atoms with E-state index in [2.05, 4.69) is 4.90 Å². The van der Waals surface area contributed by atoms with E-state index in [0.29, 0.717) is 6.54 Å². The van der Waals surface area contributed by atoms with Gasteiger partial charge in [0.25, 0.3) is 0 Å². The van der Waals surface area contributed by atoms with E-state index in [0.717, 1.165) is 24.4 Å². The van der Waals surface area contributed by atoms with Gasteiger partial charge in [0.15, 0.2) is 0 Å². The van der Waals surface area contributed by atoms with Crippen LogP contribution in [0.2, 0.25) is 0 Å². The van der Waals surface area contributed by atoms with Gasteiger partial charge in [-0.3, -0.25) is 4.90 Å². The van der Waals surface area contributed by atoms with Crippen molar-refractivity contribution in [3.05, 3.63) is 23.8 Å². The van der Waals surface area contributed by atoms with Crippen LogP contribution < -0.4 is 4.74 Å². The van der Waals surface area contributed by atoms with Crippen molar-refractivity contribution in [1.82, 2.24) is 4.90 Å². The zero-order chi connectivity index (χ0) is 13.8. The summed E-state index contributed by atoms with van der Waals surface area (Å²) in [6, 6.07) is 5.27. The van der Waals surface area contributed by atoms with Gasteiger partial charge >= 0.3 is 0 Å². The first kappa shape index (κ1) is 14.1. The highest BCUT2D eigenvalue weighted by atomic mass is 16.5. The maximum Gasteiger partial charge on any atom is 0.120 e. The summed E-state index contributed by atoms with van der Waals surface area (Å²) in [4.78, 5) is 2.21. The average molecular weight is 267 g/mol. The number of aromatic hydroxyl groups is 1. The minimum absolute atomic E-state index is 0.0813. The molecule has 1 aromatic carbocycles. The van der Waals surface area contributed by atoms with E-state index in [1.807, 2.05) is 6.07 Å². The SMILES string of the molecule is COc1ccc(O)c(CN2CC(OC)C(OC)C2)c1. The fourth-order valence-corrected chi connectivity index (χ4v) is 2.46. The lowest BCUT2D eigenvalue weighted by atomic mass is 10.2. The van der Waals surface area contributed by atoms with Crippen LogP contribution in [0.15, 0.2) is 18.2 Å². The van der Waals surface area contributed by atoms with Crippen molar-refractivity contribution in [2.75, 3.05) is 34.4 Å². The Labute approximate surface area is 113 Å². The Morgan fingerprint density at radius 2 is 1.79 bits per heavy atom. The number of hydrogen-bond acceptors (Lipinski definition) is 5. The highest BCUT2D eigenvalue weighted by Crippen LogP contribution is 2.26. The summed E-state index contributed by atoms with van der Waals surface area (Å²) in [5, 5.41) is 9.89. The summed E-state index contributed by atoms with van der Waals surface area (Å²) in [6.45, 7) is 2.25. The van der Waals surface area contributed by atoms with Gasteiger partial charge in [0, 0.05) is 39.4 Å². The first-order valence-electron chi connectivity index (χ1n) is 6.31. The highest BCUT2D eigenvalue weighted by molar-refractivity contribution is 5.39. The van der Waals surface area contributed by atoms with E-state index < -0.39 is 0 Å². The van der Waals surface area contributed by atoms with Crippen molar-refractivity contribution >= 4 is 0 Å². The minimum Gasteiger partial charge on any atom is -0.508 e. The van der Waals surface area contributed by atoms with Crippen molar-refractivity contribution in [2.45, 2.75) is 18.8 Å². The van der Waals surface area contributed by atoms with Gasteiger partial charge in [-0.05, 0) is 18.2 Å². The number of likely N-dealkylation sites (tertiary alicyclic amines) is 1. The predicted molar refractivity (Wildman–Crippen MR) is 71.5 cm³/mol. The minimum atomic E-state index is 0.0813. The molecule has 0 amide bonds. The average Bonchev–Trinajstić information content (AvgIpc) is 2.83. The van der Waals surface area contributed by atoms with Crippen LogP contribution in [0, 0.1) is 0 Å². The molecule has 1 saturated heterocycles. The maximum atomic E-state index is 9.89. The zero-order valence-electron chi connectivity index (χ0n) is 11.6. The van der Waals surface area contributed by atoms with E-state index in [1.165, 1.54) is 0 Å². The Bertz CT molecular complexity index is 412. The van der Waals surface area contributed by atoms with Gasteiger partial charge in [-0.25, -0.2) is 0 Å². The third kappa shape index (κ3) is 3.18. The molecule has 2 unspecified atom stereocenters. The fraction of sp³-hybridized carbons (Fsp3) is 0.571. The van der Waals surface area contributed by atoms with E-state index >= 15 is 0 Å². The maximum absolute atomic E-state index is 9.89. The molecule has 0 saturated carbocycles. The molecule has 1 aliphatic heterocycles. The monoisotopic (exact) mass is 267 g/mol. The molecule has 5 heteroatoms. The van der Waals surface area contributed by atoms with Crippen molar-refractivity contribution in [3.8, 4) is 11.5 Å². The molecular formula is C14H21NO4. The largest absolute Gasteiger partial charge is 0.508 e. The summed E-state index contributed by atoms with van der Waals surface area (Å²) in [6.07, 6.45) is 0.163. The summed E-state index contributed by atoms with van der Waals surface area (Å²) in [7, 11) is 5.01. The summed E-state index contributed by atoms with van der Waals surface area (Å²) in [5.74, 6) is 1.04. The molecule has 1 aliphatic rings. The molecule has 1 heterocycles. The lowest BCUT2D eigenvalue weighted by Crippen LogP contribution is -2.27. The van der Waals surface area contributed by atoms with Crippen molar-refractivity contribution in [3.63, 3.8) is 0 Å². The number of nitrogens with zero attached hydrogens (tertiary/aromatic N) is 1. The van der Waals surface area contributed by atoms with Gasteiger partial charge in [0.1, 0.15) is 11.5 Å². The molecule has 1 fully saturated rings. The van der Waals surface area contributed by atoms with Crippen molar-refractivity contribution in [2.24, 2.45) is 0 Å². The normalized spacial score (nSPS) is 23.7. The number of phenols is 1. The smallest absolute Gasteiger partial charge is 0.120 e. The molecule has 2 atom stereocenters. The second kappa shape index (κ2) is 6.23. The number of hydrogen-bond donors (Lipinski definition) is 1. The van der Waals surface area contributed by atoms with Crippen LogP contribution in [-0.2, 0) is 16.0 Å². The Balaban J connectivity index is 2.06. The molecule has 1 aromatic rings. The van der Waals surface area contributed by atoms with Crippen LogP contribution in [0.4, 0.5) is 0 Å². The Morgan fingerprint density at radius 3 is 2.32 bits per heavy atom. The van der Waals surface area contributed by atoms with Crippen LogP contribution in [-0.4, -0.2) is 56.6 Å². The van der Waals surface area contributed by atoms with Gasteiger partial charge in [0.05, 0.1) is 19.3 Å². The van der Waals surface area contributed by atoms with Gasteiger partial charge in [-0.2, -0.15) is 0 Å². The second-order valence-corrected chi connectivity index (χ2v) is 4.74. The van der Waals surface area contributed by atoms with Crippen LogP contribution in [0.25, 0.3) is 0 Å². The second-order valence-electron chi connectivity index (χ2n) is 4.74. The van der Waals surface area contributed by atoms with E-state index in [-0.39, 0.29) is 18.0 Å². The third-order valence-corrected chi connectivity index (χ3v) is 3.58. The number of methoxy groups -OCH3 is 3. The van der Waals surface area contributed by atoms with E-state index in [4.69, 9.17) is 14.2 Å². The lowest BCUT2D eigenvalue weighted by Gasteiger charge is -2.16. The number of ether oxygens (including phenoxy) is 3.